The molecule has 1 atom stereocenters. The Labute approximate surface area is 215 Å². The van der Waals surface area contributed by atoms with Crippen molar-refractivity contribution in [3.63, 3.8) is 0 Å². The summed E-state index contributed by atoms with van der Waals surface area (Å²) >= 11 is 5.91. The number of halogens is 1. The van der Waals surface area contributed by atoms with Gasteiger partial charge in [0.25, 0.3) is 0 Å². The topological polar surface area (TPSA) is 115 Å². The molecular weight excluding hydrogens is 486 g/mol. The van der Waals surface area contributed by atoms with Crippen molar-refractivity contribution < 1.29 is 28.7 Å². The van der Waals surface area contributed by atoms with Crippen LogP contribution in [0, 0.1) is 5.92 Å². The average Bonchev–Trinajstić information content (AvgIpc) is 3.29. The molecule has 1 heterocycles. The zero-order chi connectivity index (χ0) is 26.1. The molecule has 9 nitrogen and oxygen atoms in total. The van der Waals surface area contributed by atoms with Gasteiger partial charge in [0, 0.05) is 11.4 Å². The van der Waals surface area contributed by atoms with E-state index < -0.39 is 24.6 Å². The zero-order valence-electron chi connectivity index (χ0n) is 20.5. The van der Waals surface area contributed by atoms with Gasteiger partial charge in [0.1, 0.15) is 12.3 Å². The lowest BCUT2D eigenvalue weighted by Crippen LogP contribution is -2.38. The molecule has 1 aromatic heterocycles. The summed E-state index contributed by atoms with van der Waals surface area (Å²) in [5.74, 6) is 0.732. The molecule has 0 bridgehead atoms. The maximum atomic E-state index is 12.4. The van der Waals surface area contributed by atoms with Gasteiger partial charge >= 0.3 is 12.1 Å². The molecule has 0 spiro atoms. The highest BCUT2D eigenvalue weighted by Gasteiger charge is 2.25. The minimum Gasteiger partial charge on any atom is -0.493 e. The van der Waals surface area contributed by atoms with E-state index in [1.807, 2.05) is 38.1 Å². The Bertz CT molecular complexity index is 1130. The summed E-state index contributed by atoms with van der Waals surface area (Å²) in [4.78, 5) is 29.3. The molecule has 0 aliphatic rings. The molecule has 192 valence electrons. The molecule has 0 aliphatic heterocycles. The van der Waals surface area contributed by atoms with Crippen molar-refractivity contribution in [2.24, 2.45) is 5.92 Å². The van der Waals surface area contributed by atoms with E-state index in [9.17, 15) is 14.7 Å². The van der Waals surface area contributed by atoms with Crippen LogP contribution in [-0.2, 0) is 22.4 Å². The van der Waals surface area contributed by atoms with Crippen LogP contribution in [0.1, 0.15) is 49.7 Å². The van der Waals surface area contributed by atoms with E-state index >= 15 is 0 Å². The van der Waals surface area contributed by atoms with Crippen LogP contribution in [0.2, 0.25) is 5.02 Å². The number of ether oxygens (including phenoxy) is 2. The molecule has 1 N–H and O–H groups in total. The van der Waals surface area contributed by atoms with Crippen LogP contribution in [0.3, 0.4) is 0 Å². The van der Waals surface area contributed by atoms with Crippen LogP contribution in [0.5, 0.6) is 5.75 Å². The molecule has 0 saturated heterocycles. The van der Waals surface area contributed by atoms with Crippen molar-refractivity contribution in [1.82, 2.24) is 15.0 Å². The Morgan fingerprint density at radius 3 is 2.42 bits per heavy atom. The first-order valence-corrected chi connectivity index (χ1v) is 12.0. The molecule has 1 amide bonds. The number of hydrogen-bond acceptors (Lipinski definition) is 7. The number of carbonyl (C=O) groups is 2. The number of benzene rings is 2. The summed E-state index contributed by atoms with van der Waals surface area (Å²) < 4.78 is 16.3. The van der Waals surface area contributed by atoms with Crippen molar-refractivity contribution in [1.29, 1.82) is 0 Å². The van der Waals surface area contributed by atoms with Crippen LogP contribution < -0.4 is 4.74 Å². The zero-order valence-corrected chi connectivity index (χ0v) is 21.3. The second kappa shape index (κ2) is 12.9. The van der Waals surface area contributed by atoms with Gasteiger partial charge in [-0.15, -0.1) is 0 Å². The summed E-state index contributed by atoms with van der Waals surface area (Å²) in [6.45, 7) is 5.69. The number of carboxylic acids is 1. The molecule has 2 aromatic carbocycles. The monoisotopic (exact) mass is 515 g/mol. The second-order valence-electron chi connectivity index (χ2n) is 8.74. The van der Waals surface area contributed by atoms with Crippen LogP contribution in [-0.4, -0.2) is 52.0 Å². The van der Waals surface area contributed by atoms with Crippen LogP contribution in [0.25, 0.3) is 0 Å². The van der Waals surface area contributed by atoms with Gasteiger partial charge in [0.05, 0.1) is 25.7 Å². The third kappa shape index (κ3) is 8.27. The highest BCUT2D eigenvalue weighted by atomic mass is 35.5. The quantitative estimate of drug-likeness (QED) is 0.351. The standard InChI is InChI=1S/C26H30ClN3O6/c1-17(2)16-35-26(33)30(15-25(31)32)18(3)20-6-10-22(11-7-20)34-13-12-23-28-24(36-29-23)14-19-4-8-21(27)9-5-19/h4-11,17-18H,12-16H2,1-3H3,(H,31,32)/t18-/m0/s1. The number of carboxylic acid groups (broad SMARTS) is 1. The largest absolute Gasteiger partial charge is 0.493 e. The summed E-state index contributed by atoms with van der Waals surface area (Å²) in [5.41, 5.74) is 1.78. The van der Waals surface area contributed by atoms with Crippen molar-refractivity contribution in [3.8, 4) is 5.75 Å². The van der Waals surface area contributed by atoms with Crippen LogP contribution in [0.15, 0.2) is 53.1 Å². The fraction of sp³-hybridized carbons (Fsp3) is 0.385. The lowest BCUT2D eigenvalue weighted by atomic mass is 10.1. The fourth-order valence-electron chi connectivity index (χ4n) is 3.35. The van der Waals surface area contributed by atoms with E-state index in [0.717, 1.165) is 11.1 Å². The Balaban J connectivity index is 1.52. The normalized spacial score (nSPS) is 11.8. The molecule has 10 heteroatoms. The lowest BCUT2D eigenvalue weighted by molar-refractivity contribution is -0.138. The number of aromatic nitrogens is 2. The van der Waals surface area contributed by atoms with Gasteiger partial charge in [-0.2, -0.15) is 4.98 Å². The predicted octanol–water partition coefficient (Wildman–Crippen LogP) is 5.18. The second-order valence-corrected chi connectivity index (χ2v) is 9.18. The first kappa shape index (κ1) is 27.0. The summed E-state index contributed by atoms with van der Waals surface area (Å²) in [6, 6.07) is 14.1. The van der Waals surface area contributed by atoms with Crippen molar-refractivity contribution in [2.45, 2.75) is 39.7 Å². The van der Waals surface area contributed by atoms with Gasteiger partial charge in [0.2, 0.25) is 5.89 Å². The smallest absolute Gasteiger partial charge is 0.410 e. The molecule has 0 unspecified atom stereocenters. The number of rotatable bonds is 12. The van der Waals surface area contributed by atoms with E-state index in [4.69, 9.17) is 25.6 Å². The number of carbonyl (C=O) groups excluding carboxylic acids is 1. The number of hydrogen-bond donors (Lipinski definition) is 1. The summed E-state index contributed by atoms with van der Waals surface area (Å²) in [6.07, 6.45) is 0.333. The van der Waals surface area contributed by atoms with Gasteiger partial charge in [-0.25, -0.2) is 4.79 Å². The van der Waals surface area contributed by atoms with Crippen LogP contribution in [0.4, 0.5) is 4.79 Å². The van der Waals surface area contributed by atoms with Crippen molar-refractivity contribution in [2.75, 3.05) is 19.8 Å². The van der Waals surface area contributed by atoms with Gasteiger partial charge in [-0.1, -0.05) is 54.9 Å². The Morgan fingerprint density at radius 2 is 1.78 bits per heavy atom. The highest BCUT2D eigenvalue weighted by molar-refractivity contribution is 6.30. The highest BCUT2D eigenvalue weighted by Crippen LogP contribution is 2.24. The number of nitrogens with zero attached hydrogens (tertiary/aromatic N) is 3. The van der Waals surface area contributed by atoms with Gasteiger partial charge in [-0.05, 0) is 48.2 Å². The summed E-state index contributed by atoms with van der Waals surface area (Å²) in [7, 11) is 0. The number of aliphatic carboxylic acids is 1. The Hall–Kier alpha value is -3.59. The SMILES string of the molecule is CC(C)COC(=O)N(CC(=O)O)[C@@H](C)c1ccc(OCCc2noc(Cc3ccc(Cl)cc3)n2)cc1. The molecule has 36 heavy (non-hydrogen) atoms. The van der Waals surface area contributed by atoms with E-state index in [-0.39, 0.29) is 12.5 Å². The molecular formula is C26H30ClN3O6. The van der Waals surface area contributed by atoms with E-state index in [1.54, 1.807) is 31.2 Å². The molecule has 0 saturated carbocycles. The minimum absolute atomic E-state index is 0.148. The van der Waals surface area contributed by atoms with Gasteiger partial charge in [-0.3, -0.25) is 9.69 Å². The van der Waals surface area contributed by atoms with E-state index in [1.165, 1.54) is 4.90 Å². The maximum Gasteiger partial charge on any atom is 0.410 e. The fourth-order valence-corrected chi connectivity index (χ4v) is 3.48. The molecule has 0 aliphatic carbocycles. The van der Waals surface area contributed by atoms with E-state index in [0.29, 0.717) is 41.9 Å². The summed E-state index contributed by atoms with van der Waals surface area (Å²) in [5, 5.41) is 13.9. The first-order valence-electron chi connectivity index (χ1n) is 11.6. The third-order valence-electron chi connectivity index (χ3n) is 5.28. The van der Waals surface area contributed by atoms with Crippen molar-refractivity contribution >= 4 is 23.7 Å². The van der Waals surface area contributed by atoms with Crippen molar-refractivity contribution in [3.05, 3.63) is 76.4 Å². The lowest BCUT2D eigenvalue weighted by Gasteiger charge is -2.27. The molecule has 3 aromatic rings. The molecule has 0 radical (unpaired) electrons. The van der Waals surface area contributed by atoms with Gasteiger partial charge in [0.15, 0.2) is 5.82 Å². The van der Waals surface area contributed by atoms with E-state index in [2.05, 4.69) is 10.1 Å². The van der Waals surface area contributed by atoms with Gasteiger partial charge < -0.3 is 19.1 Å². The average molecular weight is 516 g/mol. The maximum absolute atomic E-state index is 12.4. The molecule has 3 rings (SSSR count). The first-order chi connectivity index (χ1) is 17.2. The third-order valence-corrected chi connectivity index (χ3v) is 5.54. The van der Waals surface area contributed by atoms with Crippen LogP contribution >= 0.6 is 11.6 Å². The minimum atomic E-state index is -1.11. The number of amides is 1. The predicted molar refractivity (Wildman–Crippen MR) is 133 cm³/mol. The Morgan fingerprint density at radius 1 is 1.08 bits per heavy atom. The Kier molecular flexibility index (Phi) is 9.69. The molecule has 0 fully saturated rings.